The maximum Gasteiger partial charge on any atom is 0.0241 e. The lowest BCUT2D eigenvalue weighted by Crippen LogP contribution is -2.46. The average molecular weight is 172 g/mol. The Labute approximate surface area is 76.3 Å². The van der Waals surface area contributed by atoms with E-state index in [9.17, 15) is 0 Å². The van der Waals surface area contributed by atoms with Gasteiger partial charge >= 0.3 is 0 Å². The summed E-state index contributed by atoms with van der Waals surface area (Å²) >= 11 is 0. The molecule has 0 aromatic carbocycles. The van der Waals surface area contributed by atoms with Crippen LogP contribution in [0.25, 0.3) is 0 Å². The molecule has 0 heterocycles. The molecule has 3 nitrogen and oxygen atoms in total. The van der Waals surface area contributed by atoms with Crippen molar-refractivity contribution in [3.05, 3.63) is 6.92 Å². The van der Waals surface area contributed by atoms with Crippen LogP contribution in [0.3, 0.4) is 0 Å². The van der Waals surface area contributed by atoms with Gasteiger partial charge in [-0.15, -0.1) is 0 Å². The van der Waals surface area contributed by atoms with Crippen LogP contribution in [-0.2, 0) is 0 Å². The molecule has 0 amide bonds. The van der Waals surface area contributed by atoms with Crippen molar-refractivity contribution < 1.29 is 0 Å². The molecule has 0 aliphatic carbocycles. The molecule has 1 atom stereocenters. The highest BCUT2D eigenvalue weighted by Gasteiger charge is 2.08. The van der Waals surface area contributed by atoms with Gasteiger partial charge in [0.1, 0.15) is 0 Å². The topological polar surface area (TPSA) is 41.3 Å². The van der Waals surface area contributed by atoms with E-state index in [1.54, 1.807) is 0 Å². The molecule has 0 rings (SSSR count). The maximum absolute atomic E-state index is 5.40. The standard InChI is InChI=1S/C9H22N3/c1-4-8-12(9(3)5-2)11-7-6-10/h9,11H,3-8,10H2,1-2H3. The summed E-state index contributed by atoms with van der Waals surface area (Å²) in [6, 6.07) is 0.358. The van der Waals surface area contributed by atoms with Crippen molar-refractivity contribution in [3.63, 3.8) is 0 Å². The van der Waals surface area contributed by atoms with Crippen LogP contribution in [-0.4, -0.2) is 30.7 Å². The minimum Gasteiger partial charge on any atom is -0.329 e. The lowest BCUT2D eigenvalue weighted by molar-refractivity contribution is 0.147. The Hall–Kier alpha value is -0.120. The second kappa shape index (κ2) is 7.53. The van der Waals surface area contributed by atoms with Gasteiger partial charge in [0.25, 0.3) is 0 Å². The van der Waals surface area contributed by atoms with Gasteiger partial charge in [0.15, 0.2) is 0 Å². The van der Waals surface area contributed by atoms with E-state index in [2.05, 4.69) is 31.2 Å². The molecule has 0 spiro atoms. The summed E-state index contributed by atoms with van der Waals surface area (Å²) in [7, 11) is 0. The number of nitrogens with zero attached hydrogens (tertiary/aromatic N) is 1. The third kappa shape index (κ3) is 4.70. The maximum atomic E-state index is 5.40. The smallest absolute Gasteiger partial charge is 0.0241 e. The van der Waals surface area contributed by atoms with Crippen molar-refractivity contribution in [2.75, 3.05) is 19.6 Å². The summed E-state index contributed by atoms with van der Waals surface area (Å²) in [6.07, 6.45) is 2.21. The number of hydrogen-bond acceptors (Lipinski definition) is 3. The Kier molecular flexibility index (Phi) is 7.45. The third-order valence-corrected chi connectivity index (χ3v) is 1.84. The molecule has 1 radical (unpaired) electrons. The van der Waals surface area contributed by atoms with Gasteiger partial charge in [-0.25, -0.2) is 5.01 Å². The molecule has 3 heteroatoms. The highest BCUT2D eigenvalue weighted by molar-refractivity contribution is 4.68. The van der Waals surface area contributed by atoms with Crippen molar-refractivity contribution in [3.8, 4) is 0 Å². The predicted octanol–water partition coefficient (Wildman–Crippen LogP) is 0.774. The van der Waals surface area contributed by atoms with E-state index in [-0.39, 0.29) is 0 Å². The molecule has 0 aliphatic heterocycles. The molecule has 0 saturated carbocycles. The highest BCUT2D eigenvalue weighted by atomic mass is 15.5. The Balaban J connectivity index is 3.68. The van der Waals surface area contributed by atoms with E-state index >= 15 is 0 Å². The molecule has 12 heavy (non-hydrogen) atoms. The molecule has 73 valence electrons. The Morgan fingerprint density at radius 2 is 2.17 bits per heavy atom. The molecule has 0 aromatic rings. The van der Waals surface area contributed by atoms with Crippen molar-refractivity contribution >= 4 is 0 Å². The summed E-state index contributed by atoms with van der Waals surface area (Å²) in [6.45, 7) is 10.9. The van der Waals surface area contributed by atoms with Gasteiger partial charge in [-0.05, 0) is 19.8 Å². The molecule has 3 N–H and O–H groups in total. The van der Waals surface area contributed by atoms with Crippen molar-refractivity contribution in [2.45, 2.75) is 32.7 Å². The minimum atomic E-state index is 0.358. The third-order valence-electron chi connectivity index (χ3n) is 1.84. The number of nitrogens with two attached hydrogens (primary N) is 1. The number of rotatable bonds is 7. The molecule has 0 aliphatic rings. The molecule has 0 aromatic heterocycles. The highest BCUT2D eigenvalue weighted by Crippen LogP contribution is 1.99. The van der Waals surface area contributed by atoms with Gasteiger partial charge in [0.2, 0.25) is 0 Å². The van der Waals surface area contributed by atoms with Crippen LogP contribution in [0.5, 0.6) is 0 Å². The van der Waals surface area contributed by atoms with Crippen LogP contribution in [0.1, 0.15) is 26.7 Å². The summed E-state index contributed by atoms with van der Waals surface area (Å²) in [5, 5.41) is 2.17. The van der Waals surface area contributed by atoms with E-state index in [0.717, 1.165) is 25.9 Å². The first kappa shape index (κ1) is 11.9. The number of hydrogen-bond donors (Lipinski definition) is 2. The minimum absolute atomic E-state index is 0.358. The second-order valence-electron chi connectivity index (χ2n) is 2.95. The van der Waals surface area contributed by atoms with E-state index in [1.807, 2.05) is 0 Å². The fourth-order valence-corrected chi connectivity index (χ4v) is 1.06. The quantitative estimate of drug-likeness (QED) is 0.557. The predicted molar refractivity (Wildman–Crippen MR) is 53.5 cm³/mol. The molecule has 1 unspecified atom stereocenters. The Morgan fingerprint density at radius 1 is 1.50 bits per heavy atom. The van der Waals surface area contributed by atoms with Gasteiger partial charge in [-0.2, -0.15) is 0 Å². The van der Waals surface area contributed by atoms with Crippen LogP contribution in [0, 0.1) is 6.92 Å². The summed E-state index contributed by atoms with van der Waals surface area (Å²) in [4.78, 5) is 0. The number of hydrazine groups is 1. The van der Waals surface area contributed by atoms with Crippen molar-refractivity contribution in [1.82, 2.24) is 10.4 Å². The first-order valence-electron chi connectivity index (χ1n) is 4.79. The van der Waals surface area contributed by atoms with Crippen LogP contribution < -0.4 is 11.2 Å². The van der Waals surface area contributed by atoms with Gasteiger partial charge in [0.05, 0.1) is 0 Å². The van der Waals surface area contributed by atoms with Gasteiger partial charge in [0, 0.05) is 25.7 Å². The molecule has 0 bridgehead atoms. The average Bonchev–Trinajstić information content (AvgIpc) is 2.11. The Bertz CT molecular complexity index is 95.8. The molecular formula is C9H22N3. The van der Waals surface area contributed by atoms with Crippen molar-refractivity contribution in [1.29, 1.82) is 0 Å². The summed E-state index contributed by atoms with van der Waals surface area (Å²) in [5.74, 6) is 0. The van der Waals surface area contributed by atoms with E-state index in [0.29, 0.717) is 12.6 Å². The summed E-state index contributed by atoms with van der Waals surface area (Å²) < 4.78 is 0. The van der Waals surface area contributed by atoms with Gasteiger partial charge in [-0.3, -0.25) is 5.43 Å². The zero-order valence-corrected chi connectivity index (χ0v) is 8.34. The van der Waals surface area contributed by atoms with Crippen LogP contribution >= 0.6 is 0 Å². The van der Waals surface area contributed by atoms with Gasteiger partial charge < -0.3 is 5.73 Å². The number of nitrogens with one attached hydrogen (secondary N) is 1. The lowest BCUT2D eigenvalue weighted by Gasteiger charge is -2.28. The first-order chi connectivity index (χ1) is 5.76. The normalized spacial score (nSPS) is 13.8. The first-order valence-corrected chi connectivity index (χ1v) is 4.79. The van der Waals surface area contributed by atoms with Gasteiger partial charge in [-0.1, -0.05) is 13.8 Å². The lowest BCUT2D eigenvalue weighted by atomic mass is 10.2. The van der Waals surface area contributed by atoms with Crippen LogP contribution in [0.2, 0.25) is 0 Å². The largest absolute Gasteiger partial charge is 0.329 e. The molecular weight excluding hydrogens is 150 g/mol. The molecule has 0 fully saturated rings. The van der Waals surface area contributed by atoms with E-state index < -0.39 is 0 Å². The monoisotopic (exact) mass is 172 g/mol. The van der Waals surface area contributed by atoms with E-state index in [1.165, 1.54) is 0 Å². The summed E-state index contributed by atoms with van der Waals surface area (Å²) in [5.41, 5.74) is 8.67. The molecule has 0 saturated heterocycles. The van der Waals surface area contributed by atoms with Crippen molar-refractivity contribution in [2.24, 2.45) is 5.73 Å². The van der Waals surface area contributed by atoms with Crippen LogP contribution in [0.15, 0.2) is 0 Å². The fourth-order valence-electron chi connectivity index (χ4n) is 1.06. The zero-order valence-electron chi connectivity index (χ0n) is 8.34. The van der Waals surface area contributed by atoms with Crippen LogP contribution in [0.4, 0.5) is 0 Å². The fraction of sp³-hybridized carbons (Fsp3) is 0.889. The van der Waals surface area contributed by atoms with E-state index in [4.69, 9.17) is 5.73 Å². The zero-order chi connectivity index (χ0) is 9.40. The second-order valence-corrected chi connectivity index (χ2v) is 2.95. The Morgan fingerprint density at radius 3 is 2.58 bits per heavy atom. The SMILES string of the molecule is [CH2]C(CC)N(CCC)NCCN.